The highest BCUT2D eigenvalue weighted by molar-refractivity contribution is 6.32. The number of benzene rings is 2. The average molecular weight is 404 g/mol. The number of nitrogens with one attached hydrogen (secondary N) is 2. The molecule has 0 atom stereocenters. The molecule has 6 nitrogen and oxygen atoms in total. The summed E-state index contributed by atoms with van der Waals surface area (Å²) in [5.74, 6) is 0.304. The van der Waals surface area contributed by atoms with Crippen molar-refractivity contribution in [1.29, 1.82) is 0 Å². The number of hydrogen-bond donors (Lipinski definition) is 2. The minimum atomic E-state index is -0.308. The van der Waals surface area contributed by atoms with Crippen LogP contribution >= 0.6 is 11.6 Å². The molecule has 0 bridgehead atoms. The van der Waals surface area contributed by atoms with Crippen molar-refractivity contribution in [3.8, 4) is 5.75 Å². The van der Waals surface area contributed by atoms with E-state index in [2.05, 4.69) is 10.6 Å². The van der Waals surface area contributed by atoms with Crippen molar-refractivity contribution >= 4 is 29.2 Å². The summed E-state index contributed by atoms with van der Waals surface area (Å²) in [5.41, 5.74) is 1.70. The maximum absolute atomic E-state index is 12.0. The number of hydrogen-bond acceptors (Lipinski definition) is 3. The van der Waals surface area contributed by atoms with E-state index in [4.69, 9.17) is 16.3 Å². The molecule has 0 radical (unpaired) electrons. The van der Waals surface area contributed by atoms with Crippen LogP contribution in [-0.2, 0) is 11.2 Å². The highest BCUT2D eigenvalue weighted by atomic mass is 35.5. The summed E-state index contributed by atoms with van der Waals surface area (Å²) in [6, 6.07) is 14.5. The van der Waals surface area contributed by atoms with E-state index in [9.17, 15) is 9.59 Å². The van der Waals surface area contributed by atoms with Crippen LogP contribution in [0.4, 0.5) is 10.5 Å². The summed E-state index contributed by atoms with van der Waals surface area (Å²) in [4.78, 5) is 25.7. The normalized spacial score (nSPS) is 10.2. The molecule has 2 N–H and O–H groups in total. The van der Waals surface area contributed by atoms with E-state index in [-0.39, 0.29) is 18.5 Å². The zero-order valence-electron chi connectivity index (χ0n) is 16.2. The van der Waals surface area contributed by atoms with Crippen LogP contribution in [0.25, 0.3) is 0 Å². The molecular weight excluding hydrogens is 378 g/mol. The molecule has 0 unspecified atom stereocenters. The third kappa shape index (κ3) is 6.78. The van der Waals surface area contributed by atoms with Gasteiger partial charge in [0.25, 0.3) is 5.91 Å². The fourth-order valence-corrected chi connectivity index (χ4v) is 2.88. The molecular formula is C21H26ClN3O3. The molecule has 0 heterocycles. The molecule has 0 fully saturated rings. The summed E-state index contributed by atoms with van der Waals surface area (Å²) in [6.07, 6.45) is 0.752. The minimum absolute atomic E-state index is 0.0753. The Hall–Kier alpha value is -2.73. The zero-order valence-corrected chi connectivity index (χ0v) is 17.0. The first-order valence-electron chi connectivity index (χ1n) is 9.32. The van der Waals surface area contributed by atoms with Crippen LogP contribution in [0.2, 0.25) is 5.02 Å². The van der Waals surface area contributed by atoms with Gasteiger partial charge in [0.15, 0.2) is 6.61 Å². The number of rotatable bonds is 9. The lowest BCUT2D eigenvalue weighted by Gasteiger charge is -2.19. The SMILES string of the molecule is CCN(CC)C(=O)COc1ccc(NC(=O)NCCc2ccccc2)cc1Cl. The molecule has 0 aliphatic heterocycles. The molecule has 28 heavy (non-hydrogen) atoms. The van der Waals surface area contributed by atoms with Crippen molar-refractivity contribution in [3.63, 3.8) is 0 Å². The van der Waals surface area contributed by atoms with Crippen molar-refractivity contribution in [2.24, 2.45) is 0 Å². The van der Waals surface area contributed by atoms with Gasteiger partial charge in [0, 0.05) is 25.3 Å². The van der Waals surface area contributed by atoms with Crippen LogP contribution in [0, 0.1) is 0 Å². The first-order chi connectivity index (χ1) is 13.5. The maximum atomic E-state index is 12.0. The predicted molar refractivity (Wildman–Crippen MR) is 112 cm³/mol. The molecule has 0 saturated heterocycles. The molecule has 0 aliphatic carbocycles. The zero-order chi connectivity index (χ0) is 20.4. The van der Waals surface area contributed by atoms with Crippen molar-refractivity contribution in [1.82, 2.24) is 10.2 Å². The highest BCUT2D eigenvalue weighted by Gasteiger charge is 2.12. The van der Waals surface area contributed by atoms with Gasteiger partial charge < -0.3 is 20.3 Å². The molecule has 0 aromatic heterocycles. The van der Waals surface area contributed by atoms with Gasteiger partial charge in [0.1, 0.15) is 5.75 Å². The topological polar surface area (TPSA) is 70.7 Å². The number of carbonyl (C=O) groups excluding carboxylic acids is 2. The Bertz CT molecular complexity index is 780. The van der Waals surface area contributed by atoms with E-state index in [1.807, 2.05) is 44.2 Å². The Morgan fingerprint density at radius 1 is 1.07 bits per heavy atom. The molecule has 0 saturated carbocycles. The number of ether oxygens (including phenoxy) is 1. The van der Waals surface area contributed by atoms with Crippen LogP contribution in [0.1, 0.15) is 19.4 Å². The van der Waals surface area contributed by atoms with Crippen LogP contribution in [0.5, 0.6) is 5.75 Å². The lowest BCUT2D eigenvalue weighted by atomic mass is 10.1. The largest absolute Gasteiger partial charge is 0.482 e. The van der Waals surface area contributed by atoms with E-state index in [0.717, 1.165) is 12.0 Å². The molecule has 2 aromatic carbocycles. The Balaban J connectivity index is 1.80. The molecule has 0 spiro atoms. The predicted octanol–water partition coefficient (Wildman–Crippen LogP) is 3.95. The van der Waals surface area contributed by atoms with Gasteiger partial charge in [-0.3, -0.25) is 4.79 Å². The summed E-state index contributed by atoms with van der Waals surface area (Å²) in [5, 5.41) is 5.87. The second-order valence-electron chi connectivity index (χ2n) is 6.12. The van der Waals surface area contributed by atoms with Crippen molar-refractivity contribution in [2.45, 2.75) is 20.3 Å². The smallest absolute Gasteiger partial charge is 0.319 e. The van der Waals surface area contributed by atoms with Gasteiger partial charge in [0.2, 0.25) is 0 Å². The number of urea groups is 1. The number of carbonyl (C=O) groups is 2. The van der Waals surface area contributed by atoms with Crippen molar-refractivity contribution in [3.05, 3.63) is 59.1 Å². The molecule has 3 amide bonds. The summed E-state index contributed by atoms with van der Waals surface area (Å²) in [6.45, 7) is 5.55. The molecule has 150 valence electrons. The van der Waals surface area contributed by atoms with Crippen LogP contribution < -0.4 is 15.4 Å². The minimum Gasteiger partial charge on any atom is -0.482 e. The van der Waals surface area contributed by atoms with Gasteiger partial charge in [-0.2, -0.15) is 0 Å². The maximum Gasteiger partial charge on any atom is 0.319 e. The Morgan fingerprint density at radius 3 is 2.43 bits per heavy atom. The second kappa shape index (κ2) is 11.2. The number of likely N-dealkylation sites (N-methyl/N-ethyl adjacent to an activating group) is 1. The monoisotopic (exact) mass is 403 g/mol. The molecule has 2 rings (SSSR count). The standard InChI is InChI=1S/C21H26ClN3O3/c1-3-25(4-2)20(26)15-28-19-11-10-17(14-18(19)22)24-21(27)23-13-12-16-8-6-5-7-9-16/h5-11,14H,3-4,12-13,15H2,1-2H3,(H2,23,24,27). The Morgan fingerprint density at radius 2 is 1.79 bits per heavy atom. The first-order valence-corrected chi connectivity index (χ1v) is 9.70. The van der Waals surface area contributed by atoms with Crippen LogP contribution in [0.15, 0.2) is 48.5 Å². The molecule has 2 aromatic rings. The van der Waals surface area contributed by atoms with E-state index in [1.165, 1.54) is 0 Å². The van der Waals surface area contributed by atoms with Gasteiger partial charge in [-0.15, -0.1) is 0 Å². The molecule has 7 heteroatoms. The third-order valence-corrected chi connectivity index (χ3v) is 4.49. The highest BCUT2D eigenvalue weighted by Crippen LogP contribution is 2.27. The number of nitrogens with zero attached hydrogens (tertiary/aromatic N) is 1. The Labute approximate surface area is 170 Å². The van der Waals surface area contributed by atoms with E-state index < -0.39 is 0 Å². The van der Waals surface area contributed by atoms with Crippen LogP contribution in [-0.4, -0.2) is 43.1 Å². The van der Waals surface area contributed by atoms with Gasteiger partial charge >= 0.3 is 6.03 Å². The van der Waals surface area contributed by atoms with Gasteiger partial charge in [0.05, 0.1) is 5.02 Å². The fourth-order valence-electron chi connectivity index (χ4n) is 2.64. The molecule has 0 aliphatic rings. The second-order valence-corrected chi connectivity index (χ2v) is 6.52. The summed E-state index contributed by atoms with van der Waals surface area (Å²) < 4.78 is 5.51. The lowest BCUT2D eigenvalue weighted by molar-refractivity contribution is -0.132. The quantitative estimate of drug-likeness (QED) is 0.665. The van der Waals surface area contributed by atoms with E-state index in [1.54, 1.807) is 23.1 Å². The average Bonchev–Trinajstić information content (AvgIpc) is 2.69. The van der Waals surface area contributed by atoms with E-state index >= 15 is 0 Å². The van der Waals surface area contributed by atoms with Gasteiger partial charge in [-0.25, -0.2) is 4.79 Å². The summed E-state index contributed by atoms with van der Waals surface area (Å²) in [7, 11) is 0. The number of amides is 3. The van der Waals surface area contributed by atoms with Crippen molar-refractivity contribution in [2.75, 3.05) is 31.6 Å². The summed E-state index contributed by atoms with van der Waals surface area (Å²) >= 11 is 6.21. The van der Waals surface area contributed by atoms with Crippen LogP contribution in [0.3, 0.4) is 0 Å². The van der Waals surface area contributed by atoms with Gasteiger partial charge in [-0.05, 0) is 44.0 Å². The van der Waals surface area contributed by atoms with E-state index in [0.29, 0.717) is 36.1 Å². The lowest BCUT2D eigenvalue weighted by Crippen LogP contribution is -2.34. The third-order valence-electron chi connectivity index (χ3n) is 4.20. The number of halogens is 1. The number of anilines is 1. The van der Waals surface area contributed by atoms with Crippen molar-refractivity contribution < 1.29 is 14.3 Å². The Kier molecular flexibility index (Phi) is 8.62. The van der Waals surface area contributed by atoms with Gasteiger partial charge in [-0.1, -0.05) is 41.9 Å². The fraction of sp³-hybridized carbons (Fsp3) is 0.333. The first kappa shape index (κ1) is 21.6.